The molecule has 4 aromatic rings. The molecule has 6 rings (SSSR count). The average Bonchev–Trinajstić information content (AvgIpc) is 4.06. The molecule has 0 bridgehead atoms. The van der Waals surface area contributed by atoms with Gasteiger partial charge in [-0.3, -0.25) is 28.3 Å². The van der Waals surface area contributed by atoms with Gasteiger partial charge in [0.2, 0.25) is 23.6 Å². The SMILES string of the molecule is COC(=O)N[C@H](C(=O)N1CCC[C@@H]1c1ncc(-c2ccc(-c3ccc(-c4cnc([C@H]5CCCN5C(=O)[C@@H](NC(=O)OC)C(C)C)n4C(C)=O)cc3)cc2)n1C(C)=O)C(C)C. The number of carbonyl (C=O) groups excluding carboxylic acids is 6. The Morgan fingerprint density at radius 2 is 0.917 bits per heavy atom. The van der Waals surface area contributed by atoms with E-state index in [-0.39, 0.29) is 35.5 Å². The lowest BCUT2D eigenvalue weighted by Crippen LogP contribution is -2.51. The third kappa shape index (κ3) is 8.68. The maximum atomic E-state index is 13.8. The van der Waals surface area contributed by atoms with E-state index >= 15 is 0 Å². The first-order chi connectivity index (χ1) is 28.7. The molecule has 2 fully saturated rings. The number of rotatable bonds is 11. The summed E-state index contributed by atoms with van der Waals surface area (Å²) in [5.41, 5.74) is 4.58. The molecule has 2 aliphatic heterocycles. The van der Waals surface area contributed by atoms with Gasteiger partial charge in [-0.15, -0.1) is 0 Å². The predicted molar refractivity (Wildman–Crippen MR) is 223 cm³/mol. The van der Waals surface area contributed by atoms with Crippen LogP contribution in [-0.2, 0) is 19.1 Å². The molecule has 4 amide bonds. The van der Waals surface area contributed by atoms with Gasteiger partial charge in [-0.25, -0.2) is 19.6 Å². The van der Waals surface area contributed by atoms with Crippen LogP contribution in [0.5, 0.6) is 0 Å². The van der Waals surface area contributed by atoms with Crippen LogP contribution < -0.4 is 10.6 Å². The number of methoxy groups -OCH3 is 2. The van der Waals surface area contributed by atoms with Gasteiger partial charge in [0, 0.05) is 38.1 Å². The molecule has 4 heterocycles. The molecule has 0 unspecified atom stereocenters. The van der Waals surface area contributed by atoms with E-state index in [2.05, 4.69) is 20.6 Å². The first kappa shape index (κ1) is 43.3. The average molecular weight is 823 g/mol. The highest BCUT2D eigenvalue weighted by atomic mass is 16.5. The molecule has 0 spiro atoms. The highest BCUT2D eigenvalue weighted by Crippen LogP contribution is 2.37. The molecular weight excluding hydrogens is 769 g/mol. The minimum atomic E-state index is -0.796. The number of benzene rings is 2. The summed E-state index contributed by atoms with van der Waals surface area (Å²) in [5.74, 6) is -0.419. The maximum absolute atomic E-state index is 13.8. The van der Waals surface area contributed by atoms with Gasteiger partial charge in [0.1, 0.15) is 23.7 Å². The van der Waals surface area contributed by atoms with Crippen molar-refractivity contribution in [2.75, 3.05) is 27.3 Å². The van der Waals surface area contributed by atoms with Crippen molar-refractivity contribution in [3.8, 4) is 33.6 Å². The Morgan fingerprint density at radius 3 is 1.22 bits per heavy atom. The molecule has 318 valence electrons. The highest BCUT2D eigenvalue weighted by Gasteiger charge is 2.40. The third-order valence-corrected chi connectivity index (χ3v) is 11.4. The van der Waals surface area contributed by atoms with E-state index in [0.717, 1.165) is 35.1 Å². The quantitative estimate of drug-likeness (QED) is 0.169. The van der Waals surface area contributed by atoms with Crippen molar-refractivity contribution in [2.45, 2.75) is 91.4 Å². The zero-order valence-corrected chi connectivity index (χ0v) is 35.4. The number of nitrogens with zero attached hydrogens (tertiary/aromatic N) is 6. The summed E-state index contributed by atoms with van der Waals surface area (Å²) >= 11 is 0. The topological polar surface area (TPSA) is 187 Å². The molecule has 0 aliphatic carbocycles. The molecule has 0 radical (unpaired) electrons. The fourth-order valence-corrected chi connectivity index (χ4v) is 8.29. The lowest BCUT2D eigenvalue weighted by Gasteiger charge is -2.30. The Kier molecular flexibility index (Phi) is 13.2. The number of amides is 4. The van der Waals surface area contributed by atoms with Crippen molar-refractivity contribution in [1.82, 2.24) is 39.5 Å². The summed E-state index contributed by atoms with van der Waals surface area (Å²) in [4.78, 5) is 90.7. The fourth-order valence-electron chi connectivity index (χ4n) is 8.29. The molecule has 2 aromatic heterocycles. The summed E-state index contributed by atoms with van der Waals surface area (Å²) < 4.78 is 12.6. The minimum Gasteiger partial charge on any atom is -0.453 e. The second kappa shape index (κ2) is 18.3. The Labute approximate surface area is 349 Å². The number of alkyl carbamates (subject to hydrolysis) is 2. The van der Waals surface area contributed by atoms with Gasteiger partial charge in [-0.05, 0) is 48.6 Å². The van der Waals surface area contributed by atoms with Gasteiger partial charge in [-0.2, -0.15) is 0 Å². The number of nitrogens with one attached hydrogen (secondary N) is 2. The van der Waals surface area contributed by atoms with Gasteiger partial charge in [0.15, 0.2) is 0 Å². The lowest BCUT2D eigenvalue weighted by atomic mass is 10.0. The number of likely N-dealkylation sites (tertiary alicyclic amines) is 2. The number of carbonyl (C=O) groups is 6. The van der Waals surface area contributed by atoms with Crippen LogP contribution in [0, 0.1) is 11.8 Å². The van der Waals surface area contributed by atoms with Crippen molar-refractivity contribution < 1.29 is 38.2 Å². The molecule has 0 saturated carbocycles. The standard InChI is InChI=1S/C44H54N8O8/c1-25(2)37(47-43(57)59-7)41(55)49-21-9-11-33(49)39-45-23-35(51(39)27(5)53)31-17-13-29(14-18-31)30-15-19-32(20-16-30)36-24-46-40(52(36)28(6)54)34-12-10-22-50(34)42(56)38(26(3)4)48-44(58)60-8/h13-20,23-26,33-34,37-38H,9-12,21-22H2,1-8H3,(H,47,57)(H,48,58)/t33-,34-,37+,38+/m1/s1. The Morgan fingerprint density at radius 1 is 0.583 bits per heavy atom. The van der Waals surface area contributed by atoms with Crippen LogP contribution in [0.1, 0.15) is 101 Å². The summed E-state index contributed by atoms with van der Waals surface area (Å²) in [6.45, 7) is 11.3. The number of aromatic nitrogens is 4. The predicted octanol–water partition coefficient (Wildman–Crippen LogP) is 6.49. The van der Waals surface area contributed by atoms with Crippen LogP contribution in [-0.4, -0.2) is 104 Å². The van der Waals surface area contributed by atoms with E-state index in [4.69, 9.17) is 9.47 Å². The van der Waals surface area contributed by atoms with Gasteiger partial charge in [-0.1, -0.05) is 76.2 Å². The number of ether oxygens (including phenoxy) is 2. The van der Waals surface area contributed by atoms with Crippen LogP contribution in [0.3, 0.4) is 0 Å². The van der Waals surface area contributed by atoms with Crippen LogP contribution in [0.15, 0.2) is 60.9 Å². The molecular formula is C44H54N8O8. The van der Waals surface area contributed by atoms with Gasteiger partial charge >= 0.3 is 12.2 Å². The van der Waals surface area contributed by atoms with Crippen LogP contribution in [0.2, 0.25) is 0 Å². The van der Waals surface area contributed by atoms with Gasteiger partial charge < -0.3 is 29.9 Å². The Hall–Kier alpha value is -6.32. The van der Waals surface area contributed by atoms with E-state index in [0.29, 0.717) is 49.0 Å². The van der Waals surface area contributed by atoms with Crippen molar-refractivity contribution in [3.05, 3.63) is 72.6 Å². The first-order valence-electron chi connectivity index (χ1n) is 20.3. The summed E-state index contributed by atoms with van der Waals surface area (Å²) in [7, 11) is 2.51. The molecule has 2 aliphatic rings. The number of imidazole rings is 2. The number of hydrogen-bond acceptors (Lipinski definition) is 10. The van der Waals surface area contributed by atoms with Gasteiger partial charge in [0.05, 0.1) is 50.1 Å². The highest BCUT2D eigenvalue weighted by molar-refractivity contribution is 5.89. The van der Waals surface area contributed by atoms with Crippen molar-refractivity contribution in [3.63, 3.8) is 0 Å². The van der Waals surface area contributed by atoms with E-state index in [1.807, 2.05) is 76.2 Å². The Bertz CT molecular complexity index is 2090. The normalized spacial score (nSPS) is 17.4. The summed E-state index contributed by atoms with van der Waals surface area (Å²) in [5, 5.41) is 5.32. The maximum Gasteiger partial charge on any atom is 0.407 e. The lowest BCUT2D eigenvalue weighted by molar-refractivity contribution is -0.136. The van der Waals surface area contributed by atoms with Crippen molar-refractivity contribution >= 4 is 35.8 Å². The third-order valence-electron chi connectivity index (χ3n) is 11.4. The van der Waals surface area contributed by atoms with E-state index in [1.54, 1.807) is 31.3 Å². The molecule has 16 heteroatoms. The van der Waals surface area contributed by atoms with Crippen LogP contribution in [0.25, 0.3) is 33.6 Å². The molecule has 60 heavy (non-hydrogen) atoms. The molecule has 2 saturated heterocycles. The summed E-state index contributed by atoms with van der Waals surface area (Å²) in [6.07, 6.45) is 4.63. The summed E-state index contributed by atoms with van der Waals surface area (Å²) in [6, 6.07) is 13.0. The van der Waals surface area contributed by atoms with Gasteiger partial charge in [0.25, 0.3) is 0 Å². The van der Waals surface area contributed by atoms with E-state index in [9.17, 15) is 28.8 Å². The molecule has 4 atom stereocenters. The van der Waals surface area contributed by atoms with Crippen molar-refractivity contribution in [1.29, 1.82) is 0 Å². The zero-order chi connectivity index (χ0) is 43.4. The monoisotopic (exact) mass is 822 g/mol. The fraction of sp³-hybridized carbons (Fsp3) is 0.455. The largest absolute Gasteiger partial charge is 0.453 e. The number of hydrogen-bond donors (Lipinski definition) is 2. The minimum absolute atomic E-state index is 0.193. The van der Waals surface area contributed by atoms with E-state index in [1.165, 1.54) is 28.1 Å². The Balaban J connectivity index is 1.22. The van der Waals surface area contributed by atoms with Crippen molar-refractivity contribution in [2.24, 2.45) is 11.8 Å². The molecule has 2 aromatic carbocycles. The second-order valence-corrected chi connectivity index (χ2v) is 16.0. The van der Waals surface area contributed by atoms with E-state index < -0.39 is 36.4 Å². The van der Waals surface area contributed by atoms with Crippen LogP contribution >= 0.6 is 0 Å². The molecule has 16 nitrogen and oxygen atoms in total. The van der Waals surface area contributed by atoms with Crippen LogP contribution in [0.4, 0.5) is 9.59 Å². The first-order valence-corrected chi connectivity index (χ1v) is 20.3. The molecule has 2 N–H and O–H groups in total. The second-order valence-electron chi connectivity index (χ2n) is 16.0. The smallest absolute Gasteiger partial charge is 0.407 e. The zero-order valence-electron chi connectivity index (χ0n) is 35.4.